The monoisotopic (exact) mass is 505 g/mol. The topological polar surface area (TPSA) is 79.6 Å². The molecule has 0 radical (unpaired) electrons. The van der Waals surface area contributed by atoms with Gasteiger partial charge in [-0.2, -0.15) is 0 Å². The van der Waals surface area contributed by atoms with Crippen molar-refractivity contribution in [3.05, 3.63) is 34.5 Å². The Morgan fingerprint density at radius 2 is 2.19 bits per heavy atom. The summed E-state index contributed by atoms with van der Waals surface area (Å²) in [5.74, 6) is 1.63. The highest BCUT2D eigenvalue weighted by atomic mass is 127. The number of aryl methyl sites for hydroxylation is 1. The first-order valence-corrected chi connectivity index (χ1v) is 9.86. The van der Waals surface area contributed by atoms with E-state index in [1.54, 1.807) is 17.7 Å². The molecule has 0 bridgehead atoms. The molecule has 150 valence electrons. The van der Waals surface area contributed by atoms with Crippen LogP contribution in [0.4, 0.5) is 0 Å². The van der Waals surface area contributed by atoms with Crippen LogP contribution in [-0.4, -0.2) is 65.0 Å². The van der Waals surface area contributed by atoms with E-state index in [2.05, 4.69) is 55.2 Å². The first-order valence-electron chi connectivity index (χ1n) is 8.98. The highest BCUT2D eigenvalue weighted by Gasteiger charge is 2.23. The van der Waals surface area contributed by atoms with E-state index >= 15 is 0 Å². The molecule has 0 spiro atoms. The van der Waals surface area contributed by atoms with Gasteiger partial charge in [-0.25, -0.2) is 4.99 Å². The summed E-state index contributed by atoms with van der Waals surface area (Å²) in [5.41, 5.74) is 0. The smallest absolute Gasteiger partial charge is 0.191 e. The van der Waals surface area contributed by atoms with Gasteiger partial charge in [-0.1, -0.05) is 6.07 Å². The summed E-state index contributed by atoms with van der Waals surface area (Å²) in [6.45, 7) is 7.67. The number of hydrogen-bond donors (Lipinski definition) is 2. The maximum absolute atomic E-state index is 5.51. The fourth-order valence-electron chi connectivity index (χ4n) is 2.91. The van der Waals surface area contributed by atoms with E-state index in [-0.39, 0.29) is 24.0 Å². The number of aromatic nitrogens is 3. The van der Waals surface area contributed by atoms with E-state index in [1.807, 2.05) is 11.6 Å². The summed E-state index contributed by atoms with van der Waals surface area (Å²) in [6, 6.07) is 4.63. The molecule has 3 rings (SSSR count). The lowest BCUT2D eigenvalue weighted by Crippen LogP contribution is -2.46. The minimum Gasteiger partial charge on any atom is -0.379 e. The van der Waals surface area contributed by atoms with Gasteiger partial charge in [-0.15, -0.1) is 45.5 Å². The number of hydrogen-bond acceptors (Lipinski definition) is 6. The number of nitrogens with zero attached hydrogens (tertiary/aromatic N) is 5. The van der Waals surface area contributed by atoms with Gasteiger partial charge >= 0.3 is 0 Å². The molecule has 2 N–H and O–H groups in total. The van der Waals surface area contributed by atoms with Crippen molar-refractivity contribution in [3.8, 4) is 0 Å². The molecule has 8 nitrogen and oxygen atoms in total. The third-order valence-corrected chi connectivity index (χ3v) is 5.32. The molecule has 3 heterocycles. The van der Waals surface area contributed by atoms with Gasteiger partial charge in [0.2, 0.25) is 0 Å². The number of ether oxygens (including phenoxy) is 1. The fourth-order valence-corrected chi connectivity index (χ4v) is 3.78. The first kappa shape index (κ1) is 22.1. The van der Waals surface area contributed by atoms with Crippen LogP contribution in [0.25, 0.3) is 0 Å². The summed E-state index contributed by atoms with van der Waals surface area (Å²) in [4.78, 5) is 8.49. The Balaban J connectivity index is 0.00000261. The molecule has 0 saturated carbocycles. The van der Waals surface area contributed by atoms with Gasteiger partial charge < -0.3 is 19.9 Å². The minimum absolute atomic E-state index is 0. The van der Waals surface area contributed by atoms with Crippen LogP contribution >= 0.6 is 35.3 Å². The lowest BCUT2D eigenvalue weighted by molar-refractivity contribution is 0.0177. The number of thiophene rings is 1. The Labute approximate surface area is 181 Å². The van der Waals surface area contributed by atoms with E-state index in [0.717, 1.165) is 51.2 Å². The van der Waals surface area contributed by atoms with Crippen LogP contribution in [0.5, 0.6) is 0 Å². The summed E-state index contributed by atoms with van der Waals surface area (Å²) in [6.07, 6.45) is 1.69. The maximum Gasteiger partial charge on any atom is 0.191 e. The Bertz CT molecular complexity index is 685. The van der Waals surface area contributed by atoms with Crippen molar-refractivity contribution < 1.29 is 4.74 Å². The maximum atomic E-state index is 5.51. The standard InChI is InChI=1S/C17H27N7OS.HI/c1-3-18-17(20-12-16-22-21-13-23(16)2)19-11-14(15-5-4-10-26-15)24-6-8-25-9-7-24;/h4-5,10,13-14H,3,6-9,11-12H2,1-2H3,(H2,18,19,20);1H. The number of halogens is 1. The zero-order valence-electron chi connectivity index (χ0n) is 15.8. The lowest BCUT2D eigenvalue weighted by atomic mass is 10.2. The van der Waals surface area contributed by atoms with Crippen LogP contribution in [0.15, 0.2) is 28.8 Å². The van der Waals surface area contributed by atoms with Crippen molar-refractivity contribution in [3.63, 3.8) is 0 Å². The van der Waals surface area contributed by atoms with E-state index in [1.165, 1.54) is 4.88 Å². The quantitative estimate of drug-likeness (QED) is 0.339. The SMILES string of the molecule is CCNC(=NCc1nncn1C)NCC(c1cccs1)N1CCOCC1.I. The van der Waals surface area contributed by atoms with Crippen LogP contribution in [0.2, 0.25) is 0 Å². The van der Waals surface area contributed by atoms with Gasteiger partial charge in [0.15, 0.2) is 11.8 Å². The molecule has 0 aromatic carbocycles. The predicted octanol–water partition coefficient (Wildman–Crippen LogP) is 1.62. The van der Waals surface area contributed by atoms with Crippen molar-refractivity contribution in [1.82, 2.24) is 30.3 Å². The van der Waals surface area contributed by atoms with Gasteiger partial charge in [0.25, 0.3) is 0 Å². The Morgan fingerprint density at radius 3 is 2.81 bits per heavy atom. The summed E-state index contributed by atoms with van der Waals surface area (Å²) < 4.78 is 7.40. The molecular formula is C17H28IN7OS. The van der Waals surface area contributed by atoms with Crippen molar-refractivity contribution in [2.24, 2.45) is 12.0 Å². The van der Waals surface area contributed by atoms with Crippen LogP contribution in [0, 0.1) is 0 Å². The van der Waals surface area contributed by atoms with Crippen LogP contribution in [0.3, 0.4) is 0 Å². The highest BCUT2D eigenvalue weighted by Crippen LogP contribution is 2.25. The molecule has 10 heteroatoms. The van der Waals surface area contributed by atoms with E-state index in [9.17, 15) is 0 Å². The molecule has 1 unspecified atom stereocenters. The minimum atomic E-state index is 0. The Morgan fingerprint density at radius 1 is 1.37 bits per heavy atom. The van der Waals surface area contributed by atoms with Crippen LogP contribution in [-0.2, 0) is 18.3 Å². The Kier molecular flexibility index (Phi) is 9.45. The number of guanidine groups is 1. The van der Waals surface area contributed by atoms with Gasteiger partial charge in [0, 0.05) is 38.1 Å². The van der Waals surface area contributed by atoms with Crippen molar-refractivity contribution in [2.75, 3.05) is 39.4 Å². The summed E-state index contributed by atoms with van der Waals surface area (Å²) in [7, 11) is 1.93. The van der Waals surface area contributed by atoms with Crippen molar-refractivity contribution >= 4 is 41.3 Å². The molecular weight excluding hydrogens is 477 g/mol. The average Bonchev–Trinajstić information content (AvgIpc) is 3.33. The van der Waals surface area contributed by atoms with E-state index < -0.39 is 0 Å². The molecule has 2 aromatic rings. The fraction of sp³-hybridized carbons (Fsp3) is 0.588. The van der Waals surface area contributed by atoms with E-state index in [4.69, 9.17) is 4.74 Å². The van der Waals surface area contributed by atoms with Gasteiger partial charge in [-0.05, 0) is 18.4 Å². The van der Waals surface area contributed by atoms with Crippen LogP contribution in [0.1, 0.15) is 23.7 Å². The molecule has 1 atom stereocenters. The van der Waals surface area contributed by atoms with Crippen LogP contribution < -0.4 is 10.6 Å². The van der Waals surface area contributed by atoms with E-state index in [0.29, 0.717) is 12.6 Å². The molecule has 1 aliphatic heterocycles. The van der Waals surface area contributed by atoms with Gasteiger partial charge in [0.05, 0.1) is 19.3 Å². The number of morpholine rings is 1. The van der Waals surface area contributed by atoms with Crippen molar-refractivity contribution in [2.45, 2.75) is 19.5 Å². The first-order chi connectivity index (χ1) is 12.8. The molecule has 1 fully saturated rings. The van der Waals surface area contributed by atoms with Gasteiger partial charge in [-0.3, -0.25) is 4.90 Å². The second-order valence-electron chi connectivity index (χ2n) is 6.11. The normalized spacial score (nSPS) is 16.6. The molecule has 0 amide bonds. The molecule has 1 aliphatic rings. The molecule has 2 aromatic heterocycles. The highest BCUT2D eigenvalue weighted by molar-refractivity contribution is 14.0. The molecule has 0 aliphatic carbocycles. The number of nitrogens with one attached hydrogen (secondary N) is 2. The third-order valence-electron chi connectivity index (χ3n) is 4.35. The second-order valence-corrected chi connectivity index (χ2v) is 7.09. The Hall–Kier alpha value is -1.24. The van der Waals surface area contributed by atoms with Gasteiger partial charge in [0.1, 0.15) is 12.9 Å². The molecule has 27 heavy (non-hydrogen) atoms. The zero-order valence-corrected chi connectivity index (χ0v) is 18.9. The third kappa shape index (κ3) is 6.40. The zero-order chi connectivity index (χ0) is 18.2. The average molecular weight is 505 g/mol. The summed E-state index contributed by atoms with van der Waals surface area (Å²) in [5, 5.41) is 16.9. The van der Waals surface area contributed by atoms with Crippen molar-refractivity contribution in [1.29, 1.82) is 0 Å². The largest absolute Gasteiger partial charge is 0.379 e. The second kappa shape index (κ2) is 11.6. The predicted molar refractivity (Wildman–Crippen MR) is 119 cm³/mol. The summed E-state index contributed by atoms with van der Waals surface area (Å²) >= 11 is 1.80. The lowest BCUT2D eigenvalue weighted by Gasteiger charge is -2.34. The number of aliphatic imine (C=N–C) groups is 1. The molecule has 1 saturated heterocycles. The number of rotatable bonds is 7.